The number of piperidine rings is 3. The van der Waals surface area contributed by atoms with Crippen molar-refractivity contribution in [2.24, 2.45) is 11.7 Å². The smallest absolute Gasteiger partial charge is 0.348 e. The Hall–Kier alpha value is -3.50. The summed E-state index contributed by atoms with van der Waals surface area (Å²) in [5.74, 6) is -1.16. The van der Waals surface area contributed by atoms with Gasteiger partial charge in [0.2, 0.25) is 5.60 Å². The third kappa shape index (κ3) is 3.51. The van der Waals surface area contributed by atoms with Gasteiger partial charge in [-0.05, 0) is 12.1 Å². The van der Waals surface area contributed by atoms with Crippen molar-refractivity contribution in [2.45, 2.75) is 30.6 Å². The van der Waals surface area contributed by atoms with Gasteiger partial charge in [-0.1, -0.05) is 0 Å². The third-order valence-corrected chi connectivity index (χ3v) is 7.11. The number of aromatic nitrogens is 2. The SMILES string of the molecule is NC(=O)C(c1cncnc1)[N+]12CCC(CC1)[C@@H](OC(=O)C(O)(c1ccoc1)c1ccoc1)C2. The molecular formula is C23H25N4O6+. The molecule has 172 valence electrons. The van der Waals surface area contributed by atoms with Crippen molar-refractivity contribution in [3.8, 4) is 0 Å². The highest BCUT2D eigenvalue weighted by Gasteiger charge is 2.55. The molecule has 3 aromatic rings. The van der Waals surface area contributed by atoms with Crippen LogP contribution in [0.5, 0.6) is 0 Å². The average Bonchev–Trinajstić information content (AvgIpc) is 3.55. The van der Waals surface area contributed by atoms with E-state index in [-0.39, 0.29) is 17.0 Å². The third-order valence-electron chi connectivity index (χ3n) is 7.11. The number of furan rings is 2. The zero-order chi connectivity index (χ0) is 23.1. The second-order valence-electron chi connectivity index (χ2n) is 8.84. The van der Waals surface area contributed by atoms with Crippen molar-refractivity contribution in [1.29, 1.82) is 0 Å². The lowest BCUT2D eigenvalue weighted by molar-refractivity contribution is -0.965. The van der Waals surface area contributed by atoms with Crippen LogP contribution in [-0.2, 0) is 19.9 Å². The van der Waals surface area contributed by atoms with Gasteiger partial charge in [-0.3, -0.25) is 4.79 Å². The summed E-state index contributed by atoms with van der Waals surface area (Å²) in [5, 5.41) is 11.5. The summed E-state index contributed by atoms with van der Waals surface area (Å²) in [6, 6.07) is 2.38. The molecule has 6 heterocycles. The zero-order valence-electron chi connectivity index (χ0n) is 17.9. The zero-order valence-corrected chi connectivity index (χ0v) is 17.9. The van der Waals surface area contributed by atoms with E-state index in [1.165, 1.54) is 43.5 Å². The number of amides is 1. The molecule has 0 saturated carbocycles. The van der Waals surface area contributed by atoms with Crippen molar-refractivity contribution < 1.29 is 32.7 Å². The molecular weight excluding hydrogens is 428 g/mol. The fraction of sp³-hybridized carbons (Fsp3) is 0.391. The van der Waals surface area contributed by atoms with Crippen molar-refractivity contribution in [1.82, 2.24) is 9.97 Å². The Bertz CT molecular complexity index is 1070. The van der Waals surface area contributed by atoms with Gasteiger partial charge in [-0.2, -0.15) is 0 Å². The molecule has 10 heteroatoms. The number of esters is 1. The summed E-state index contributed by atoms with van der Waals surface area (Å²) >= 11 is 0. The lowest BCUT2D eigenvalue weighted by Gasteiger charge is -2.54. The molecule has 1 unspecified atom stereocenters. The molecule has 3 fully saturated rings. The molecule has 2 atom stereocenters. The Labute approximate surface area is 189 Å². The number of hydrogen-bond donors (Lipinski definition) is 2. The Balaban J connectivity index is 1.44. The average molecular weight is 453 g/mol. The van der Waals surface area contributed by atoms with Crippen LogP contribution in [0.3, 0.4) is 0 Å². The number of hydrogen-bond acceptors (Lipinski definition) is 8. The number of aliphatic hydroxyl groups is 1. The summed E-state index contributed by atoms with van der Waals surface area (Å²) in [7, 11) is 0. The van der Waals surface area contributed by atoms with Crippen LogP contribution in [0, 0.1) is 5.92 Å². The van der Waals surface area contributed by atoms with Crippen molar-refractivity contribution in [3.63, 3.8) is 0 Å². The monoisotopic (exact) mass is 453 g/mol. The lowest BCUT2D eigenvalue weighted by atomic mass is 9.80. The molecule has 3 aliphatic rings. The van der Waals surface area contributed by atoms with Gasteiger partial charge in [0.15, 0.2) is 12.1 Å². The summed E-state index contributed by atoms with van der Waals surface area (Å²) in [5.41, 5.74) is 4.90. The van der Waals surface area contributed by atoms with Crippen LogP contribution < -0.4 is 5.73 Å². The van der Waals surface area contributed by atoms with Gasteiger partial charge in [0.25, 0.3) is 5.91 Å². The normalized spacial score (nSPS) is 25.5. The van der Waals surface area contributed by atoms with E-state index < -0.39 is 29.6 Å². The Morgan fingerprint density at radius 3 is 2.24 bits per heavy atom. The number of primary amides is 1. The van der Waals surface area contributed by atoms with E-state index in [1.54, 1.807) is 12.4 Å². The molecule has 1 amide bonds. The molecule has 3 aliphatic heterocycles. The molecule has 10 nitrogen and oxygen atoms in total. The summed E-state index contributed by atoms with van der Waals surface area (Å²) in [6.45, 7) is 1.87. The predicted molar refractivity (Wildman–Crippen MR) is 112 cm³/mol. The van der Waals surface area contributed by atoms with Crippen LogP contribution in [0.1, 0.15) is 35.6 Å². The fourth-order valence-electron chi connectivity index (χ4n) is 5.43. The largest absolute Gasteiger partial charge is 0.472 e. The molecule has 0 aromatic carbocycles. The number of nitrogens with zero attached hydrogens (tertiary/aromatic N) is 3. The number of rotatable bonds is 7. The molecule has 0 aliphatic carbocycles. The van der Waals surface area contributed by atoms with E-state index in [2.05, 4.69) is 9.97 Å². The lowest BCUT2D eigenvalue weighted by Crippen LogP contribution is -2.67. The van der Waals surface area contributed by atoms with E-state index >= 15 is 0 Å². The van der Waals surface area contributed by atoms with Gasteiger partial charge >= 0.3 is 5.97 Å². The molecule has 3 aromatic heterocycles. The maximum atomic E-state index is 13.4. The molecule has 6 rings (SSSR count). The summed E-state index contributed by atoms with van der Waals surface area (Å²) < 4.78 is 16.5. The van der Waals surface area contributed by atoms with Gasteiger partial charge in [-0.25, -0.2) is 14.8 Å². The minimum atomic E-state index is -2.08. The highest BCUT2D eigenvalue weighted by molar-refractivity contribution is 5.85. The van der Waals surface area contributed by atoms with E-state index in [4.69, 9.17) is 19.3 Å². The molecule has 0 radical (unpaired) electrons. The first kappa shape index (κ1) is 21.4. The summed E-state index contributed by atoms with van der Waals surface area (Å²) in [6.07, 6.45) is 11.0. The number of ether oxygens (including phenoxy) is 1. The minimum Gasteiger partial charge on any atom is -0.472 e. The van der Waals surface area contributed by atoms with Gasteiger partial charge < -0.3 is 28.9 Å². The van der Waals surface area contributed by atoms with Crippen LogP contribution in [0.2, 0.25) is 0 Å². The number of carbonyl (C=O) groups is 2. The van der Waals surface area contributed by atoms with E-state index in [0.717, 1.165) is 25.9 Å². The van der Waals surface area contributed by atoms with Crippen LogP contribution >= 0.6 is 0 Å². The standard InChI is InChI=1S/C23H24N4O6/c24-21(28)20(16-9-25-14-26-10-16)27-5-1-15(2-6-27)19(11-27)33-22(29)23(30,17-3-7-31-12-17)18-4-8-32-13-18/h3-4,7-10,12-15,19-20,30H,1-2,5-6,11H2,(H-,24,28)/p+1/t15?,19-,20?,27?/m0/s1. The van der Waals surface area contributed by atoms with E-state index in [1.807, 2.05) is 0 Å². The maximum absolute atomic E-state index is 13.4. The molecule has 3 N–H and O–H groups in total. The van der Waals surface area contributed by atoms with Crippen molar-refractivity contribution in [2.75, 3.05) is 19.6 Å². The Morgan fingerprint density at radius 2 is 1.73 bits per heavy atom. The molecule has 33 heavy (non-hydrogen) atoms. The van der Waals surface area contributed by atoms with Crippen LogP contribution in [0.4, 0.5) is 0 Å². The minimum absolute atomic E-state index is 0.132. The number of nitrogens with two attached hydrogens (primary N) is 1. The van der Waals surface area contributed by atoms with E-state index in [0.29, 0.717) is 16.6 Å². The highest BCUT2D eigenvalue weighted by atomic mass is 16.6. The van der Waals surface area contributed by atoms with Crippen LogP contribution in [0.15, 0.2) is 64.7 Å². The van der Waals surface area contributed by atoms with E-state index in [9.17, 15) is 14.7 Å². The predicted octanol–water partition coefficient (Wildman–Crippen LogP) is 1.28. The Morgan fingerprint density at radius 1 is 1.12 bits per heavy atom. The van der Waals surface area contributed by atoms with Crippen LogP contribution in [0.25, 0.3) is 0 Å². The van der Waals surface area contributed by atoms with Gasteiger partial charge in [0, 0.05) is 42.3 Å². The summed E-state index contributed by atoms with van der Waals surface area (Å²) in [4.78, 5) is 34.1. The first-order valence-electron chi connectivity index (χ1n) is 10.8. The topological polar surface area (TPSA) is 142 Å². The van der Waals surface area contributed by atoms with Gasteiger partial charge in [0.1, 0.15) is 12.9 Å². The van der Waals surface area contributed by atoms with Crippen molar-refractivity contribution >= 4 is 11.9 Å². The Kier molecular flexibility index (Phi) is 5.26. The maximum Gasteiger partial charge on any atom is 0.348 e. The quantitative estimate of drug-likeness (QED) is 0.402. The van der Waals surface area contributed by atoms with Gasteiger partial charge in [-0.15, -0.1) is 0 Å². The number of fused-ring (bicyclic) bond motifs is 3. The second kappa shape index (κ2) is 8.13. The first-order chi connectivity index (χ1) is 15.9. The van der Waals surface area contributed by atoms with Crippen molar-refractivity contribution in [3.05, 3.63) is 72.6 Å². The number of quaternary nitrogens is 1. The molecule has 2 bridgehead atoms. The van der Waals surface area contributed by atoms with Crippen LogP contribution in [-0.4, -0.2) is 57.2 Å². The fourth-order valence-corrected chi connectivity index (χ4v) is 5.43. The molecule has 3 saturated heterocycles. The van der Waals surface area contributed by atoms with Gasteiger partial charge in [0.05, 0.1) is 43.7 Å². The first-order valence-corrected chi connectivity index (χ1v) is 10.8. The molecule has 0 spiro atoms. The second-order valence-corrected chi connectivity index (χ2v) is 8.84. The highest BCUT2D eigenvalue weighted by Crippen LogP contribution is 2.43. The number of carbonyl (C=O) groups excluding carboxylic acids is 2.